The number of aliphatic hydroxyl groups excluding tert-OH is 1. The molecule has 0 spiro atoms. The molecule has 0 radical (unpaired) electrons. The van der Waals surface area contributed by atoms with E-state index in [4.69, 9.17) is 0 Å². The van der Waals surface area contributed by atoms with Crippen molar-refractivity contribution in [3.8, 4) is 0 Å². The van der Waals surface area contributed by atoms with Gasteiger partial charge in [0, 0.05) is 11.5 Å². The van der Waals surface area contributed by atoms with Crippen molar-refractivity contribution in [2.45, 2.75) is 59.5 Å². The van der Waals surface area contributed by atoms with Crippen LogP contribution in [0.1, 0.15) is 53.4 Å². The molecule has 96 valence electrons. The van der Waals surface area contributed by atoms with Crippen molar-refractivity contribution in [2.75, 3.05) is 0 Å². The SMILES string of the molecule is CC1=C2C(=O)C(C(C)C)CCC2(C)CCC1O. The van der Waals surface area contributed by atoms with Crippen molar-refractivity contribution in [3.05, 3.63) is 11.1 Å². The minimum absolute atomic E-state index is 0.0335. The van der Waals surface area contributed by atoms with Crippen LogP contribution < -0.4 is 0 Å². The fourth-order valence-electron chi connectivity index (χ4n) is 3.61. The number of Topliss-reactive ketones (excluding diaryl/α,β-unsaturated/α-hetero) is 1. The molecule has 0 amide bonds. The maximum Gasteiger partial charge on any atom is 0.162 e. The first kappa shape index (κ1) is 12.8. The monoisotopic (exact) mass is 236 g/mol. The predicted octanol–water partition coefficient (Wildman–Crippen LogP) is 3.10. The van der Waals surface area contributed by atoms with Crippen LogP contribution in [0.25, 0.3) is 0 Å². The molecule has 2 aliphatic rings. The van der Waals surface area contributed by atoms with Gasteiger partial charge in [0.25, 0.3) is 0 Å². The van der Waals surface area contributed by atoms with Gasteiger partial charge in [-0.25, -0.2) is 0 Å². The first-order valence-electron chi connectivity index (χ1n) is 6.80. The average molecular weight is 236 g/mol. The Labute approximate surface area is 104 Å². The first-order chi connectivity index (χ1) is 7.87. The molecule has 0 saturated heterocycles. The number of ketones is 1. The molecule has 0 bridgehead atoms. The highest BCUT2D eigenvalue weighted by Crippen LogP contribution is 2.50. The zero-order chi connectivity index (χ0) is 12.8. The summed E-state index contributed by atoms with van der Waals surface area (Å²) in [4.78, 5) is 12.6. The van der Waals surface area contributed by atoms with Gasteiger partial charge in [-0.2, -0.15) is 0 Å². The molecule has 1 fully saturated rings. The van der Waals surface area contributed by atoms with Crippen LogP contribution in [-0.2, 0) is 4.79 Å². The lowest BCUT2D eigenvalue weighted by molar-refractivity contribution is -0.124. The Morgan fingerprint density at radius 1 is 1.29 bits per heavy atom. The maximum absolute atomic E-state index is 12.6. The average Bonchev–Trinajstić information content (AvgIpc) is 2.24. The highest BCUT2D eigenvalue weighted by atomic mass is 16.3. The van der Waals surface area contributed by atoms with Gasteiger partial charge in [0.1, 0.15) is 0 Å². The van der Waals surface area contributed by atoms with Crippen molar-refractivity contribution in [2.24, 2.45) is 17.3 Å². The zero-order valence-corrected chi connectivity index (χ0v) is 11.4. The van der Waals surface area contributed by atoms with Gasteiger partial charge in [0.15, 0.2) is 5.78 Å². The van der Waals surface area contributed by atoms with Crippen molar-refractivity contribution >= 4 is 5.78 Å². The Hall–Kier alpha value is -0.630. The van der Waals surface area contributed by atoms with Crippen LogP contribution in [0, 0.1) is 17.3 Å². The van der Waals surface area contributed by atoms with Crippen molar-refractivity contribution in [1.29, 1.82) is 0 Å². The molecule has 17 heavy (non-hydrogen) atoms. The fourth-order valence-corrected chi connectivity index (χ4v) is 3.61. The number of hydrogen-bond acceptors (Lipinski definition) is 2. The first-order valence-corrected chi connectivity index (χ1v) is 6.80. The normalized spacial score (nSPS) is 38.6. The number of carbonyl (C=O) groups excluding carboxylic acids is 1. The van der Waals surface area contributed by atoms with Gasteiger partial charge < -0.3 is 5.11 Å². The smallest absolute Gasteiger partial charge is 0.162 e. The number of allylic oxidation sites excluding steroid dienone is 1. The number of carbonyl (C=O) groups is 1. The molecule has 3 unspecified atom stereocenters. The molecule has 1 saturated carbocycles. The van der Waals surface area contributed by atoms with Crippen LogP contribution in [0.2, 0.25) is 0 Å². The molecule has 3 atom stereocenters. The summed E-state index contributed by atoms with van der Waals surface area (Å²) in [6, 6.07) is 0. The summed E-state index contributed by atoms with van der Waals surface area (Å²) in [6.45, 7) is 8.39. The molecule has 0 aliphatic heterocycles. The largest absolute Gasteiger partial charge is 0.389 e. The molecule has 0 aromatic carbocycles. The van der Waals surface area contributed by atoms with Crippen molar-refractivity contribution in [1.82, 2.24) is 0 Å². The molecule has 0 aromatic rings. The van der Waals surface area contributed by atoms with E-state index in [9.17, 15) is 9.90 Å². The number of rotatable bonds is 1. The van der Waals surface area contributed by atoms with Crippen LogP contribution in [0.15, 0.2) is 11.1 Å². The summed E-state index contributed by atoms with van der Waals surface area (Å²) in [5.41, 5.74) is 1.93. The molecule has 1 N–H and O–H groups in total. The minimum Gasteiger partial charge on any atom is -0.389 e. The molecular formula is C15H24O2. The molecule has 2 nitrogen and oxygen atoms in total. The molecule has 2 aliphatic carbocycles. The molecular weight excluding hydrogens is 212 g/mol. The van der Waals surface area contributed by atoms with E-state index >= 15 is 0 Å². The Balaban J connectivity index is 2.43. The maximum atomic E-state index is 12.6. The summed E-state index contributed by atoms with van der Waals surface area (Å²) in [7, 11) is 0. The quantitative estimate of drug-likeness (QED) is 0.759. The second kappa shape index (κ2) is 4.24. The second-order valence-corrected chi connectivity index (χ2v) is 6.43. The Kier molecular flexibility index (Phi) is 3.19. The van der Waals surface area contributed by atoms with Crippen molar-refractivity contribution < 1.29 is 9.90 Å². The summed E-state index contributed by atoms with van der Waals surface area (Å²) < 4.78 is 0. The van der Waals surface area contributed by atoms with E-state index in [1.807, 2.05) is 6.92 Å². The van der Waals surface area contributed by atoms with Gasteiger partial charge in [-0.3, -0.25) is 4.79 Å². The second-order valence-electron chi connectivity index (χ2n) is 6.43. The van der Waals surface area contributed by atoms with Crippen LogP contribution >= 0.6 is 0 Å². The van der Waals surface area contributed by atoms with Crippen molar-refractivity contribution in [3.63, 3.8) is 0 Å². The van der Waals surface area contributed by atoms with E-state index in [2.05, 4.69) is 20.8 Å². The van der Waals surface area contributed by atoms with E-state index < -0.39 is 6.10 Å². The minimum atomic E-state index is -0.395. The van der Waals surface area contributed by atoms with E-state index in [1.165, 1.54) is 0 Å². The molecule has 0 heterocycles. The zero-order valence-electron chi connectivity index (χ0n) is 11.4. The van der Waals surface area contributed by atoms with E-state index in [1.54, 1.807) is 0 Å². The third-order valence-corrected chi connectivity index (χ3v) is 4.86. The Morgan fingerprint density at radius 3 is 2.47 bits per heavy atom. The van der Waals surface area contributed by atoms with Gasteiger partial charge >= 0.3 is 0 Å². The van der Waals surface area contributed by atoms with Gasteiger partial charge in [-0.05, 0) is 49.5 Å². The van der Waals surface area contributed by atoms with E-state index in [0.717, 1.165) is 36.8 Å². The molecule has 0 aromatic heterocycles. The van der Waals surface area contributed by atoms with Gasteiger partial charge in [-0.15, -0.1) is 0 Å². The summed E-state index contributed by atoms with van der Waals surface area (Å²) in [5, 5.41) is 9.96. The van der Waals surface area contributed by atoms with Gasteiger partial charge in [-0.1, -0.05) is 20.8 Å². The summed E-state index contributed by atoms with van der Waals surface area (Å²) in [5.74, 6) is 0.884. The lowest BCUT2D eigenvalue weighted by Crippen LogP contribution is -2.42. The standard InChI is InChI=1S/C15H24O2/c1-9(2)11-5-7-15(4)8-6-12(16)10(3)13(15)14(11)17/h9,11-12,16H,5-8H2,1-4H3. The highest BCUT2D eigenvalue weighted by molar-refractivity contribution is 6.00. The number of fused-ring (bicyclic) bond motifs is 1. The lowest BCUT2D eigenvalue weighted by Gasteiger charge is -2.45. The van der Waals surface area contributed by atoms with Crippen LogP contribution in [0.4, 0.5) is 0 Å². The third kappa shape index (κ3) is 1.97. The van der Waals surface area contributed by atoms with Crippen LogP contribution in [0.3, 0.4) is 0 Å². The van der Waals surface area contributed by atoms with E-state index in [0.29, 0.717) is 11.7 Å². The summed E-state index contributed by atoms with van der Waals surface area (Å²) in [6.07, 6.45) is 3.48. The fraction of sp³-hybridized carbons (Fsp3) is 0.800. The third-order valence-electron chi connectivity index (χ3n) is 4.86. The van der Waals surface area contributed by atoms with E-state index in [-0.39, 0.29) is 11.3 Å². The van der Waals surface area contributed by atoms with Gasteiger partial charge in [0.2, 0.25) is 0 Å². The Morgan fingerprint density at radius 2 is 1.88 bits per heavy atom. The van der Waals surface area contributed by atoms with Crippen LogP contribution in [0.5, 0.6) is 0 Å². The molecule has 2 rings (SSSR count). The molecule has 2 heteroatoms. The van der Waals surface area contributed by atoms with Gasteiger partial charge in [0.05, 0.1) is 6.10 Å². The number of hydrogen-bond donors (Lipinski definition) is 1. The predicted molar refractivity (Wildman–Crippen MR) is 68.6 cm³/mol. The Bertz CT molecular complexity index is 367. The number of aliphatic hydroxyl groups is 1. The van der Waals surface area contributed by atoms with Crippen LogP contribution in [-0.4, -0.2) is 17.0 Å². The summed E-state index contributed by atoms with van der Waals surface area (Å²) >= 11 is 0. The topological polar surface area (TPSA) is 37.3 Å². The highest BCUT2D eigenvalue weighted by Gasteiger charge is 2.45. The lowest BCUT2D eigenvalue weighted by atomic mass is 9.59.